The first-order valence-electron chi connectivity index (χ1n) is 21.1. The number of hydrogen-bond acceptors (Lipinski definition) is 12. The van der Waals surface area contributed by atoms with Crippen LogP contribution in [0.25, 0.3) is 0 Å². The maximum Gasteiger partial charge on any atom is 0.303 e. The third-order valence-electron chi connectivity index (χ3n) is 15.9. The molecule has 4 aliphatic carbocycles. The second kappa shape index (κ2) is 15.7. The van der Waals surface area contributed by atoms with Gasteiger partial charge < -0.3 is 37.9 Å². The van der Waals surface area contributed by atoms with Gasteiger partial charge in [-0.15, -0.1) is 0 Å². The topological polar surface area (TPSA) is 142 Å². The van der Waals surface area contributed by atoms with E-state index in [4.69, 9.17) is 37.9 Å². The van der Waals surface area contributed by atoms with Gasteiger partial charge in [-0.3, -0.25) is 19.2 Å². The molecule has 2 saturated heterocycles. The van der Waals surface area contributed by atoms with Gasteiger partial charge in [-0.05, 0) is 87.4 Å². The van der Waals surface area contributed by atoms with Crippen LogP contribution in [0.5, 0.6) is 0 Å². The third-order valence-corrected chi connectivity index (χ3v) is 15.9. The van der Waals surface area contributed by atoms with E-state index in [9.17, 15) is 19.2 Å². The van der Waals surface area contributed by atoms with Crippen molar-refractivity contribution in [2.75, 3.05) is 20.3 Å². The lowest BCUT2D eigenvalue weighted by Gasteiger charge is -2.65. The minimum atomic E-state index is -1.29. The second-order valence-electron chi connectivity index (χ2n) is 19.6. The number of rotatable bonds is 12. The molecule has 14 atom stereocenters. The molecule has 5 fully saturated rings. The summed E-state index contributed by atoms with van der Waals surface area (Å²) in [6, 6.07) is 0. The summed E-state index contributed by atoms with van der Waals surface area (Å²) in [4.78, 5) is 49.2. The average Bonchev–Trinajstić information content (AvgIpc) is 3.51. The van der Waals surface area contributed by atoms with Gasteiger partial charge in [0.1, 0.15) is 12.7 Å². The molecule has 6 aliphatic rings. The molecule has 0 aromatic rings. The summed E-state index contributed by atoms with van der Waals surface area (Å²) in [5.74, 6) is -0.747. The van der Waals surface area contributed by atoms with Gasteiger partial charge in [-0.25, -0.2) is 0 Å². The molecule has 2 bridgehead atoms. The van der Waals surface area contributed by atoms with Gasteiger partial charge in [0, 0.05) is 51.6 Å². The van der Waals surface area contributed by atoms with E-state index >= 15 is 0 Å². The quantitative estimate of drug-likeness (QED) is 0.113. The van der Waals surface area contributed by atoms with Crippen molar-refractivity contribution < 1.29 is 57.1 Å². The molecular formula is C45H68O12. The zero-order valence-corrected chi connectivity index (χ0v) is 36.3. The van der Waals surface area contributed by atoms with Crippen molar-refractivity contribution >= 4 is 23.9 Å². The summed E-state index contributed by atoms with van der Waals surface area (Å²) < 4.78 is 48.5. The minimum absolute atomic E-state index is 0.000181. The smallest absolute Gasteiger partial charge is 0.303 e. The van der Waals surface area contributed by atoms with Gasteiger partial charge in [0.05, 0.1) is 23.9 Å². The fraction of sp³-hybridized carbons (Fsp3) is 0.822. The summed E-state index contributed by atoms with van der Waals surface area (Å²) >= 11 is 0. The maximum atomic E-state index is 12.5. The molecule has 1 spiro atoms. The molecule has 320 valence electrons. The fourth-order valence-corrected chi connectivity index (χ4v) is 12.7. The first-order chi connectivity index (χ1) is 26.6. The highest BCUT2D eigenvalue weighted by Crippen LogP contribution is 2.77. The van der Waals surface area contributed by atoms with E-state index in [0.717, 1.165) is 25.7 Å². The highest BCUT2D eigenvalue weighted by Gasteiger charge is 2.76. The van der Waals surface area contributed by atoms with Crippen LogP contribution < -0.4 is 0 Å². The average molecular weight is 801 g/mol. The molecule has 57 heavy (non-hydrogen) atoms. The third kappa shape index (κ3) is 7.41. The van der Waals surface area contributed by atoms with Crippen molar-refractivity contribution in [3.05, 3.63) is 24.3 Å². The lowest BCUT2D eigenvalue weighted by atomic mass is 9.38. The zero-order chi connectivity index (χ0) is 41.9. The van der Waals surface area contributed by atoms with Crippen molar-refractivity contribution in [3.8, 4) is 0 Å². The Morgan fingerprint density at radius 3 is 2.12 bits per heavy atom. The fourth-order valence-electron chi connectivity index (χ4n) is 12.7. The molecule has 0 aromatic heterocycles. The van der Waals surface area contributed by atoms with Crippen LogP contribution in [0.3, 0.4) is 0 Å². The predicted molar refractivity (Wildman–Crippen MR) is 209 cm³/mol. The maximum absolute atomic E-state index is 12.5. The lowest BCUT2D eigenvalue weighted by molar-refractivity contribution is -0.333. The van der Waals surface area contributed by atoms with Crippen LogP contribution >= 0.6 is 0 Å². The van der Waals surface area contributed by atoms with Gasteiger partial charge in [-0.1, -0.05) is 58.9 Å². The summed E-state index contributed by atoms with van der Waals surface area (Å²) in [5.41, 5.74) is -1.13. The van der Waals surface area contributed by atoms with E-state index < -0.39 is 71.7 Å². The van der Waals surface area contributed by atoms with E-state index in [1.165, 1.54) is 40.5 Å². The van der Waals surface area contributed by atoms with E-state index in [1.807, 2.05) is 0 Å². The Hall–Kier alpha value is -2.80. The second-order valence-corrected chi connectivity index (χ2v) is 19.6. The Morgan fingerprint density at radius 2 is 1.49 bits per heavy atom. The Bertz CT molecular complexity index is 1620. The van der Waals surface area contributed by atoms with Crippen molar-refractivity contribution in [1.29, 1.82) is 0 Å². The molecule has 0 amide bonds. The molecule has 2 aliphatic heterocycles. The zero-order valence-electron chi connectivity index (χ0n) is 36.3. The first kappa shape index (κ1) is 43.8. The number of carbonyl (C=O) groups is 4. The largest absolute Gasteiger partial charge is 0.463 e. The Balaban J connectivity index is 1.28. The van der Waals surface area contributed by atoms with Crippen molar-refractivity contribution in [2.45, 2.75) is 169 Å². The lowest BCUT2D eigenvalue weighted by Crippen LogP contribution is -2.67. The van der Waals surface area contributed by atoms with Gasteiger partial charge >= 0.3 is 23.9 Å². The van der Waals surface area contributed by atoms with E-state index in [1.54, 1.807) is 7.11 Å². The molecule has 0 aromatic carbocycles. The van der Waals surface area contributed by atoms with Crippen LogP contribution in [-0.2, 0) is 57.1 Å². The molecule has 0 N–H and O–H groups in total. The molecule has 6 rings (SSSR count). The summed E-state index contributed by atoms with van der Waals surface area (Å²) in [6.45, 7) is 21.4. The van der Waals surface area contributed by atoms with Crippen LogP contribution in [0, 0.1) is 45.3 Å². The Morgan fingerprint density at radius 1 is 0.842 bits per heavy atom. The van der Waals surface area contributed by atoms with Gasteiger partial charge in [0.25, 0.3) is 0 Å². The number of methoxy groups -OCH3 is 1. The normalized spacial score (nSPS) is 42.4. The van der Waals surface area contributed by atoms with Gasteiger partial charge in [0.15, 0.2) is 24.6 Å². The summed E-state index contributed by atoms with van der Waals surface area (Å²) in [7, 11) is 1.76. The van der Waals surface area contributed by atoms with Crippen molar-refractivity contribution in [3.63, 3.8) is 0 Å². The SMILES string of the molecule is COC(C)(C)/C=C\C[C@@H](C)[C@H]1CC[C@@]2(C)[C@@H]3C=C[C@@]45OC[C@]3(CC[C@]12C)[C@@H]4CC[C@H](O[C@@H]1O[C@H](COC(C)=O)[C@@H](OC(C)=O)[C@H](OC(C)=O)[C@H]1OC(C)=O)C5(C)C. The Kier molecular flexibility index (Phi) is 12.0. The van der Waals surface area contributed by atoms with Crippen LogP contribution in [-0.4, -0.2) is 92.2 Å². The number of ether oxygens (including phenoxy) is 8. The highest BCUT2D eigenvalue weighted by molar-refractivity contribution is 5.68. The Labute approximate surface area is 339 Å². The number of esters is 4. The molecule has 0 unspecified atom stereocenters. The predicted octanol–water partition coefficient (Wildman–Crippen LogP) is 7.06. The van der Waals surface area contributed by atoms with Crippen molar-refractivity contribution in [1.82, 2.24) is 0 Å². The molecular weight excluding hydrogens is 732 g/mol. The molecule has 12 heteroatoms. The molecule has 0 radical (unpaired) electrons. The summed E-state index contributed by atoms with van der Waals surface area (Å²) in [5, 5.41) is 0. The van der Waals surface area contributed by atoms with Crippen LogP contribution in [0.2, 0.25) is 0 Å². The number of allylic oxidation sites excluding steroid dienone is 2. The monoisotopic (exact) mass is 800 g/mol. The molecule has 3 saturated carbocycles. The summed E-state index contributed by atoms with van der Waals surface area (Å²) in [6.07, 6.45) is 10.1. The van der Waals surface area contributed by atoms with Crippen molar-refractivity contribution in [2.24, 2.45) is 45.3 Å². The first-order valence-corrected chi connectivity index (χ1v) is 21.1. The number of hydrogen-bond donors (Lipinski definition) is 0. The van der Waals surface area contributed by atoms with Crippen LogP contribution in [0.15, 0.2) is 24.3 Å². The van der Waals surface area contributed by atoms with E-state index in [-0.39, 0.29) is 34.4 Å². The standard InChI is InChI=1S/C45H68O12/c1-26(14-13-19-40(6,7)50-12)31-17-20-43(11)33-18-21-45-34(44(33,25-52-45)23-22-42(31,43)10)15-16-35(41(45,8)9)57-39-38(55-30(5)49)37(54-29(4)48)36(53-28(3)47)32(56-39)24-51-27(2)46/h13,18-19,21,26,31-39H,14-17,20,22-25H2,1-12H3/b19-13-/t26-,31-,32-,33+,34+,35+,36-,37+,38-,39+,42-,43+,44+,45-/m1/s1. The van der Waals surface area contributed by atoms with E-state index in [2.05, 4.69) is 72.8 Å². The highest BCUT2D eigenvalue weighted by atomic mass is 16.7. The number of fused-ring (bicyclic) bond motifs is 2. The van der Waals surface area contributed by atoms with Gasteiger partial charge in [0.2, 0.25) is 0 Å². The van der Waals surface area contributed by atoms with Gasteiger partial charge in [-0.2, -0.15) is 0 Å². The van der Waals surface area contributed by atoms with Crippen LogP contribution in [0.4, 0.5) is 0 Å². The minimum Gasteiger partial charge on any atom is -0.463 e. The molecule has 12 nitrogen and oxygen atoms in total. The van der Waals surface area contributed by atoms with Crippen LogP contribution in [0.1, 0.15) is 121 Å². The number of carbonyl (C=O) groups excluding carboxylic acids is 4. The molecule has 2 heterocycles. The van der Waals surface area contributed by atoms with E-state index in [0.29, 0.717) is 30.8 Å².